The van der Waals surface area contributed by atoms with Crippen LogP contribution in [0, 0.1) is 5.92 Å². The molecule has 2 heterocycles. The normalized spacial score (nSPS) is 20.1. The van der Waals surface area contributed by atoms with Gasteiger partial charge in [0.2, 0.25) is 0 Å². The summed E-state index contributed by atoms with van der Waals surface area (Å²) in [5.74, 6) is 2.03. The summed E-state index contributed by atoms with van der Waals surface area (Å²) < 4.78 is 0. The largest absolute Gasteiger partial charge is 0.312 e. The highest BCUT2D eigenvalue weighted by Gasteiger charge is 2.21. The first kappa shape index (κ1) is 15.3. The monoisotopic (exact) mass is 298 g/mol. The van der Waals surface area contributed by atoms with Crippen LogP contribution in [0.5, 0.6) is 0 Å². The van der Waals surface area contributed by atoms with Crippen LogP contribution in [-0.4, -0.2) is 17.3 Å². The van der Waals surface area contributed by atoms with Gasteiger partial charge in [-0.15, -0.1) is 11.3 Å². The summed E-state index contributed by atoms with van der Waals surface area (Å²) in [5, 5.41) is 5.60. The summed E-state index contributed by atoms with van der Waals surface area (Å²) in [6.07, 6.45) is 5.14. The minimum atomic E-state index is 0.669. The fourth-order valence-electron chi connectivity index (χ4n) is 2.37. The summed E-state index contributed by atoms with van der Waals surface area (Å²) in [4.78, 5) is 6.37. The first-order valence-electron chi connectivity index (χ1n) is 7.51. The van der Waals surface area contributed by atoms with E-state index in [-0.39, 0.29) is 0 Å². The van der Waals surface area contributed by atoms with Gasteiger partial charge in [0.15, 0.2) is 0 Å². The van der Waals surface area contributed by atoms with Crippen molar-refractivity contribution < 1.29 is 0 Å². The van der Waals surface area contributed by atoms with Gasteiger partial charge in [0, 0.05) is 11.4 Å². The van der Waals surface area contributed by atoms with Gasteiger partial charge in [-0.05, 0) is 37.5 Å². The van der Waals surface area contributed by atoms with Gasteiger partial charge in [-0.1, -0.05) is 27.2 Å². The number of thiazole rings is 1. The van der Waals surface area contributed by atoms with Crippen LogP contribution >= 0.6 is 23.1 Å². The second-order valence-electron chi connectivity index (χ2n) is 5.66. The Kier molecular flexibility index (Phi) is 6.17. The van der Waals surface area contributed by atoms with Crippen molar-refractivity contribution in [2.24, 2.45) is 5.92 Å². The van der Waals surface area contributed by atoms with Crippen LogP contribution in [-0.2, 0) is 13.0 Å². The molecule has 108 valence electrons. The molecule has 1 atom stereocenters. The molecule has 1 unspecified atom stereocenters. The molecular weight excluding hydrogens is 272 g/mol. The van der Waals surface area contributed by atoms with Crippen LogP contribution in [0.25, 0.3) is 0 Å². The maximum atomic E-state index is 4.91. The molecule has 1 saturated heterocycles. The van der Waals surface area contributed by atoms with Crippen molar-refractivity contribution in [2.45, 2.75) is 58.2 Å². The number of hydrogen-bond acceptors (Lipinski definition) is 4. The van der Waals surface area contributed by atoms with Crippen LogP contribution in [0.4, 0.5) is 0 Å². The molecule has 2 rings (SSSR count). The van der Waals surface area contributed by atoms with Gasteiger partial charge in [-0.2, -0.15) is 11.8 Å². The van der Waals surface area contributed by atoms with Crippen LogP contribution in [0.2, 0.25) is 0 Å². The van der Waals surface area contributed by atoms with Gasteiger partial charge in [-0.25, -0.2) is 4.98 Å². The van der Waals surface area contributed by atoms with Crippen LogP contribution < -0.4 is 5.32 Å². The predicted octanol–water partition coefficient (Wildman–Crippen LogP) is 4.41. The standard InChI is InChI=1S/C15H26N2S2/c1-4-12-14(10-16-9-11(2)3)19-15(17-12)13-7-5-6-8-18-13/h11,13,16H,4-10H2,1-3H3. The molecule has 1 aromatic heterocycles. The van der Waals surface area contributed by atoms with Gasteiger partial charge in [-0.3, -0.25) is 0 Å². The maximum absolute atomic E-state index is 4.91. The lowest BCUT2D eigenvalue weighted by molar-refractivity contribution is 0.553. The Morgan fingerprint density at radius 3 is 2.84 bits per heavy atom. The fraction of sp³-hybridized carbons (Fsp3) is 0.800. The van der Waals surface area contributed by atoms with Crippen molar-refractivity contribution >= 4 is 23.1 Å². The summed E-state index contributed by atoms with van der Waals surface area (Å²) in [7, 11) is 0. The van der Waals surface area contributed by atoms with E-state index in [9.17, 15) is 0 Å². The number of rotatable bonds is 6. The highest BCUT2D eigenvalue weighted by Crippen LogP contribution is 2.40. The number of hydrogen-bond donors (Lipinski definition) is 1. The van der Waals surface area contributed by atoms with Crippen molar-refractivity contribution in [3.63, 3.8) is 0 Å². The van der Waals surface area contributed by atoms with Gasteiger partial charge < -0.3 is 5.32 Å². The molecule has 1 fully saturated rings. The van der Waals surface area contributed by atoms with E-state index in [1.807, 2.05) is 11.3 Å². The molecule has 0 aliphatic carbocycles. The predicted molar refractivity (Wildman–Crippen MR) is 87.1 cm³/mol. The zero-order chi connectivity index (χ0) is 13.7. The lowest BCUT2D eigenvalue weighted by Gasteiger charge is -2.18. The Hall–Kier alpha value is -0.0600. The summed E-state index contributed by atoms with van der Waals surface area (Å²) >= 11 is 4.05. The molecule has 0 bridgehead atoms. The van der Waals surface area contributed by atoms with Gasteiger partial charge in [0.25, 0.3) is 0 Å². The van der Waals surface area contributed by atoms with Gasteiger partial charge in [0.1, 0.15) is 5.01 Å². The minimum absolute atomic E-state index is 0.669. The van der Waals surface area contributed by atoms with E-state index >= 15 is 0 Å². The fourth-order valence-corrected chi connectivity index (χ4v) is 5.04. The zero-order valence-corrected chi connectivity index (χ0v) is 14.0. The van der Waals surface area contributed by atoms with Crippen molar-refractivity contribution in [2.75, 3.05) is 12.3 Å². The van der Waals surface area contributed by atoms with Crippen LogP contribution in [0.15, 0.2) is 0 Å². The minimum Gasteiger partial charge on any atom is -0.312 e. The lowest BCUT2D eigenvalue weighted by Crippen LogP contribution is -2.18. The third-order valence-electron chi connectivity index (χ3n) is 3.42. The average Bonchev–Trinajstić information content (AvgIpc) is 2.83. The van der Waals surface area contributed by atoms with Gasteiger partial charge >= 0.3 is 0 Å². The topological polar surface area (TPSA) is 24.9 Å². The third-order valence-corrected chi connectivity index (χ3v) is 6.17. The molecule has 0 aromatic carbocycles. The molecule has 1 aliphatic heterocycles. The second kappa shape index (κ2) is 7.65. The molecule has 0 radical (unpaired) electrons. The highest BCUT2D eigenvalue weighted by molar-refractivity contribution is 7.99. The maximum Gasteiger partial charge on any atom is 0.106 e. The number of aryl methyl sites for hydroxylation is 1. The quantitative estimate of drug-likeness (QED) is 0.842. The molecule has 1 aliphatic rings. The molecule has 19 heavy (non-hydrogen) atoms. The Balaban J connectivity index is 1.99. The number of aromatic nitrogens is 1. The van der Waals surface area contributed by atoms with E-state index in [1.54, 1.807) is 0 Å². The van der Waals surface area contributed by atoms with Crippen molar-refractivity contribution in [1.29, 1.82) is 0 Å². The summed E-state index contributed by atoms with van der Waals surface area (Å²) in [6, 6.07) is 0. The van der Waals surface area contributed by atoms with Crippen LogP contribution in [0.3, 0.4) is 0 Å². The lowest BCUT2D eigenvalue weighted by atomic mass is 10.2. The zero-order valence-electron chi connectivity index (χ0n) is 12.4. The van der Waals surface area contributed by atoms with E-state index in [0.717, 1.165) is 19.5 Å². The SMILES string of the molecule is CCc1nc(C2CCCCS2)sc1CNCC(C)C. The van der Waals surface area contributed by atoms with E-state index in [4.69, 9.17) is 4.98 Å². The van der Waals surface area contributed by atoms with Crippen LogP contribution in [0.1, 0.15) is 60.9 Å². The van der Waals surface area contributed by atoms with E-state index in [2.05, 4.69) is 37.8 Å². The third kappa shape index (κ3) is 4.47. The Labute approximate surface area is 125 Å². The Morgan fingerprint density at radius 2 is 2.21 bits per heavy atom. The van der Waals surface area contributed by atoms with Crippen molar-refractivity contribution in [3.05, 3.63) is 15.6 Å². The smallest absolute Gasteiger partial charge is 0.106 e. The van der Waals surface area contributed by atoms with E-state index in [0.29, 0.717) is 11.2 Å². The Morgan fingerprint density at radius 1 is 1.37 bits per heavy atom. The molecule has 2 nitrogen and oxygen atoms in total. The molecule has 1 N–H and O–H groups in total. The molecule has 1 aromatic rings. The van der Waals surface area contributed by atoms with Crippen molar-refractivity contribution in [1.82, 2.24) is 10.3 Å². The van der Waals surface area contributed by atoms with Gasteiger partial charge in [0.05, 0.1) is 10.9 Å². The molecular formula is C15H26N2S2. The number of nitrogens with zero attached hydrogens (tertiary/aromatic N) is 1. The number of nitrogens with one attached hydrogen (secondary N) is 1. The summed E-state index contributed by atoms with van der Waals surface area (Å²) in [5.41, 5.74) is 1.32. The van der Waals surface area contributed by atoms with Crippen molar-refractivity contribution in [3.8, 4) is 0 Å². The summed E-state index contributed by atoms with van der Waals surface area (Å²) in [6.45, 7) is 8.82. The first-order chi connectivity index (χ1) is 9.20. The Bertz CT molecular complexity index is 381. The van der Waals surface area contributed by atoms with E-state index < -0.39 is 0 Å². The molecule has 4 heteroatoms. The highest BCUT2D eigenvalue weighted by atomic mass is 32.2. The average molecular weight is 299 g/mol. The molecule has 0 saturated carbocycles. The molecule has 0 spiro atoms. The number of thioether (sulfide) groups is 1. The van der Waals surface area contributed by atoms with E-state index in [1.165, 1.54) is 40.6 Å². The molecule has 0 amide bonds. The first-order valence-corrected chi connectivity index (χ1v) is 9.38. The second-order valence-corrected chi connectivity index (χ2v) is 8.08.